The molecular weight excluding hydrogens is 252 g/mol. The van der Waals surface area contributed by atoms with E-state index in [1.807, 2.05) is 0 Å². The topological polar surface area (TPSA) is 117 Å². The van der Waals surface area contributed by atoms with Gasteiger partial charge in [0.15, 0.2) is 5.69 Å². The van der Waals surface area contributed by atoms with Crippen LogP contribution in [0.15, 0.2) is 6.20 Å². The molecule has 18 heavy (non-hydrogen) atoms. The highest BCUT2D eigenvalue weighted by Gasteiger charge is 2.30. The van der Waals surface area contributed by atoms with Crippen LogP contribution in [0.3, 0.4) is 0 Å². The molecule has 1 rings (SSSR count). The summed E-state index contributed by atoms with van der Waals surface area (Å²) in [5.74, 6) is -1.35. The van der Waals surface area contributed by atoms with Crippen LogP contribution in [-0.4, -0.2) is 21.0 Å². The van der Waals surface area contributed by atoms with Gasteiger partial charge in [-0.3, -0.25) is 14.9 Å². The number of alkyl halides is 2. The first-order valence-corrected chi connectivity index (χ1v) is 4.44. The number of aromatic nitrogens is 1. The van der Waals surface area contributed by atoms with E-state index in [-0.39, 0.29) is 5.56 Å². The van der Waals surface area contributed by atoms with Gasteiger partial charge in [0.25, 0.3) is 6.43 Å². The Morgan fingerprint density at radius 1 is 1.67 bits per heavy atom. The van der Waals surface area contributed by atoms with E-state index in [9.17, 15) is 23.7 Å². The summed E-state index contributed by atoms with van der Waals surface area (Å²) in [6.45, 7) is 0. The number of carboxylic acid groups (broad SMARTS) is 1. The molecule has 0 amide bonds. The molecule has 1 N–H and O–H groups in total. The van der Waals surface area contributed by atoms with Gasteiger partial charge in [0, 0.05) is 11.8 Å². The van der Waals surface area contributed by atoms with E-state index < -0.39 is 40.7 Å². The van der Waals surface area contributed by atoms with Crippen LogP contribution in [0.5, 0.6) is 0 Å². The number of carboxylic acids is 1. The van der Waals surface area contributed by atoms with Crippen LogP contribution < -0.4 is 0 Å². The Balaban J connectivity index is 3.54. The number of hydrogen-bond donors (Lipinski definition) is 1. The molecule has 0 fully saturated rings. The number of halogens is 2. The van der Waals surface area contributed by atoms with Gasteiger partial charge in [-0.05, 0) is 0 Å². The van der Waals surface area contributed by atoms with Crippen molar-refractivity contribution in [3.05, 3.63) is 33.1 Å². The molecule has 0 saturated heterocycles. The number of rotatable bonds is 4. The Morgan fingerprint density at radius 3 is 2.67 bits per heavy atom. The maximum atomic E-state index is 12.5. The van der Waals surface area contributed by atoms with Crippen LogP contribution in [0.25, 0.3) is 0 Å². The highest BCUT2D eigenvalue weighted by atomic mass is 19.3. The summed E-state index contributed by atoms with van der Waals surface area (Å²) in [6, 6.07) is 1.37. The maximum Gasteiger partial charge on any atom is 0.314 e. The molecule has 1 aromatic rings. The quantitative estimate of drug-likeness (QED) is 0.643. The van der Waals surface area contributed by atoms with E-state index >= 15 is 0 Å². The first-order chi connectivity index (χ1) is 8.38. The zero-order valence-electron chi connectivity index (χ0n) is 8.63. The number of aliphatic carboxylic acids is 1. The number of nitriles is 1. The third-order valence-electron chi connectivity index (χ3n) is 2.00. The van der Waals surface area contributed by atoms with Crippen molar-refractivity contribution in [1.29, 1.82) is 5.26 Å². The van der Waals surface area contributed by atoms with Crippen LogP contribution in [0.2, 0.25) is 0 Å². The smallest absolute Gasteiger partial charge is 0.314 e. The molecule has 0 atom stereocenters. The van der Waals surface area contributed by atoms with Gasteiger partial charge in [0.05, 0.1) is 11.3 Å². The predicted octanol–water partition coefficient (Wildman–Crippen LogP) is 1.43. The van der Waals surface area contributed by atoms with Gasteiger partial charge >= 0.3 is 11.7 Å². The van der Waals surface area contributed by atoms with Gasteiger partial charge in [0.2, 0.25) is 0 Å². The van der Waals surface area contributed by atoms with Gasteiger partial charge in [-0.1, -0.05) is 0 Å². The Bertz CT molecular complexity index is 553. The summed E-state index contributed by atoms with van der Waals surface area (Å²) < 4.78 is 25.0. The lowest BCUT2D eigenvalue weighted by Gasteiger charge is -2.05. The SMILES string of the molecule is N#Cc1c(CC(=O)O)cnc(C(F)F)c1[N+](=O)[O-]. The van der Waals surface area contributed by atoms with Gasteiger partial charge in [-0.2, -0.15) is 5.26 Å². The number of nitrogens with zero attached hydrogens (tertiary/aromatic N) is 3. The summed E-state index contributed by atoms with van der Waals surface area (Å²) in [6.07, 6.45) is -3.20. The second-order valence-electron chi connectivity index (χ2n) is 3.13. The number of carbonyl (C=O) groups is 1. The van der Waals surface area contributed by atoms with E-state index in [1.54, 1.807) is 0 Å². The van der Waals surface area contributed by atoms with E-state index in [4.69, 9.17) is 10.4 Å². The predicted molar refractivity (Wildman–Crippen MR) is 51.9 cm³/mol. The molecule has 7 nitrogen and oxygen atoms in total. The number of hydrogen-bond acceptors (Lipinski definition) is 5. The van der Waals surface area contributed by atoms with Gasteiger partial charge < -0.3 is 5.11 Å². The van der Waals surface area contributed by atoms with Crippen molar-refractivity contribution in [2.45, 2.75) is 12.8 Å². The van der Waals surface area contributed by atoms with Crippen molar-refractivity contribution in [1.82, 2.24) is 4.98 Å². The summed E-state index contributed by atoms with van der Waals surface area (Å²) in [5.41, 5.74) is -3.27. The van der Waals surface area contributed by atoms with Crippen LogP contribution >= 0.6 is 0 Å². The molecule has 0 aliphatic rings. The molecule has 1 heterocycles. The minimum atomic E-state index is -3.23. The van der Waals surface area contributed by atoms with Crippen molar-refractivity contribution >= 4 is 11.7 Å². The lowest BCUT2D eigenvalue weighted by Crippen LogP contribution is -2.09. The second-order valence-corrected chi connectivity index (χ2v) is 3.13. The minimum Gasteiger partial charge on any atom is -0.481 e. The van der Waals surface area contributed by atoms with Crippen molar-refractivity contribution in [3.63, 3.8) is 0 Å². The third kappa shape index (κ3) is 2.54. The zero-order valence-corrected chi connectivity index (χ0v) is 8.63. The fourth-order valence-electron chi connectivity index (χ4n) is 1.32. The molecule has 0 bridgehead atoms. The van der Waals surface area contributed by atoms with Gasteiger partial charge in [-0.25, -0.2) is 13.8 Å². The maximum absolute atomic E-state index is 12.5. The van der Waals surface area contributed by atoms with Gasteiger partial charge in [0.1, 0.15) is 11.6 Å². The summed E-state index contributed by atoms with van der Waals surface area (Å²) >= 11 is 0. The summed E-state index contributed by atoms with van der Waals surface area (Å²) in [7, 11) is 0. The standard InChI is InChI=1S/C9H5F2N3O4/c10-9(11)7-8(14(17)18)5(2-12)4(3-13-7)1-6(15)16/h3,9H,1H2,(H,15,16). The highest BCUT2D eigenvalue weighted by Crippen LogP contribution is 2.31. The van der Waals surface area contributed by atoms with Crippen molar-refractivity contribution in [3.8, 4) is 6.07 Å². The summed E-state index contributed by atoms with van der Waals surface area (Å²) in [4.78, 5) is 23.1. The van der Waals surface area contributed by atoms with Crippen molar-refractivity contribution < 1.29 is 23.6 Å². The first-order valence-electron chi connectivity index (χ1n) is 4.44. The molecule has 0 radical (unpaired) electrons. The van der Waals surface area contributed by atoms with Crippen LogP contribution in [0, 0.1) is 21.4 Å². The molecule has 9 heteroatoms. The molecule has 0 unspecified atom stereocenters. The number of pyridine rings is 1. The molecular formula is C9H5F2N3O4. The monoisotopic (exact) mass is 257 g/mol. The fraction of sp³-hybridized carbons (Fsp3) is 0.222. The largest absolute Gasteiger partial charge is 0.481 e. The van der Waals surface area contributed by atoms with E-state index in [2.05, 4.69) is 4.98 Å². The molecule has 0 aromatic carbocycles. The van der Waals surface area contributed by atoms with Crippen LogP contribution in [-0.2, 0) is 11.2 Å². The normalized spacial score (nSPS) is 10.1. The summed E-state index contributed by atoms with van der Waals surface area (Å²) in [5, 5.41) is 28.0. The van der Waals surface area contributed by atoms with Gasteiger partial charge in [-0.15, -0.1) is 0 Å². The van der Waals surface area contributed by atoms with E-state index in [0.29, 0.717) is 0 Å². The minimum absolute atomic E-state index is 0.277. The Labute approximate surface area is 98.4 Å². The van der Waals surface area contributed by atoms with E-state index in [0.717, 1.165) is 6.20 Å². The second kappa shape index (κ2) is 5.13. The lowest BCUT2D eigenvalue weighted by atomic mass is 10.0. The lowest BCUT2D eigenvalue weighted by molar-refractivity contribution is -0.386. The van der Waals surface area contributed by atoms with Crippen molar-refractivity contribution in [2.75, 3.05) is 0 Å². The molecule has 0 aliphatic carbocycles. The first kappa shape index (κ1) is 13.4. The Hall–Kier alpha value is -2.63. The van der Waals surface area contributed by atoms with Crippen molar-refractivity contribution in [2.24, 2.45) is 0 Å². The third-order valence-corrected chi connectivity index (χ3v) is 2.00. The molecule has 1 aromatic heterocycles. The highest BCUT2D eigenvalue weighted by molar-refractivity contribution is 5.72. The Kier molecular flexibility index (Phi) is 3.83. The average Bonchev–Trinajstić information content (AvgIpc) is 2.26. The van der Waals surface area contributed by atoms with Crippen LogP contribution in [0.1, 0.15) is 23.2 Å². The molecule has 0 spiro atoms. The molecule has 0 saturated carbocycles. The molecule has 0 aliphatic heterocycles. The zero-order chi connectivity index (χ0) is 13.9. The fourth-order valence-corrected chi connectivity index (χ4v) is 1.32. The number of nitro groups is 1. The average molecular weight is 257 g/mol. The van der Waals surface area contributed by atoms with E-state index in [1.165, 1.54) is 6.07 Å². The Morgan fingerprint density at radius 2 is 2.28 bits per heavy atom. The van der Waals surface area contributed by atoms with Crippen LogP contribution in [0.4, 0.5) is 14.5 Å². The molecule has 94 valence electrons.